The lowest BCUT2D eigenvalue weighted by Gasteiger charge is -2.26. The number of hydrogen-bond acceptors (Lipinski definition) is 4. The van der Waals surface area contributed by atoms with E-state index in [0.29, 0.717) is 12.1 Å². The number of benzene rings is 2. The molecule has 1 aliphatic heterocycles. The van der Waals surface area contributed by atoms with Gasteiger partial charge in [-0.1, -0.05) is 23.7 Å². The number of carbonyl (C=O) groups excluding carboxylic acids is 1. The zero-order valence-electron chi connectivity index (χ0n) is 14.6. The van der Waals surface area contributed by atoms with Crippen molar-refractivity contribution in [2.45, 2.75) is 10.6 Å². The van der Waals surface area contributed by atoms with Crippen LogP contribution in [0.5, 0.6) is 0 Å². The minimum Gasteiger partial charge on any atom is -0.379 e. The molecule has 1 amide bonds. The Morgan fingerprint density at radius 1 is 1.08 bits per heavy atom. The molecule has 3 rings (SSSR count). The fourth-order valence-electron chi connectivity index (χ4n) is 2.70. The second-order valence-electron chi connectivity index (χ2n) is 6.15. The number of morpholine rings is 1. The van der Waals surface area contributed by atoms with E-state index in [2.05, 4.69) is 10.2 Å². The highest BCUT2D eigenvalue weighted by Gasteiger charge is 2.11. The van der Waals surface area contributed by atoms with E-state index >= 15 is 0 Å². The fourth-order valence-corrected chi connectivity index (χ4v) is 3.68. The van der Waals surface area contributed by atoms with E-state index in [1.165, 1.54) is 10.5 Å². The monoisotopic (exact) mass is 390 g/mol. The van der Waals surface area contributed by atoms with Gasteiger partial charge < -0.3 is 10.1 Å². The van der Waals surface area contributed by atoms with Crippen LogP contribution in [0.25, 0.3) is 0 Å². The summed E-state index contributed by atoms with van der Waals surface area (Å²) in [5.41, 5.74) is 1.89. The maximum atomic E-state index is 12.2. The zero-order chi connectivity index (χ0) is 18.2. The van der Waals surface area contributed by atoms with Crippen LogP contribution < -0.4 is 5.32 Å². The summed E-state index contributed by atoms with van der Waals surface area (Å²) < 4.78 is 5.32. The van der Waals surface area contributed by atoms with Gasteiger partial charge in [0, 0.05) is 47.4 Å². The van der Waals surface area contributed by atoms with Gasteiger partial charge >= 0.3 is 0 Å². The van der Waals surface area contributed by atoms with E-state index in [0.717, 1.165) is 43.6 Å². The molecule has 1 heterocycles. The predicted octanol–water partition coefficient (Wildman–Crippen LogP) is 3.69. The largest absolute Gasteiger partial charge is 0.379 e. The smallest absolute Gasteiger partial charge is 0.251 e. The Morgan fingerprint density at radius 2 is 1.77 bits per heavy atom. The number of halogens is 1. The van der Waals surface area contributed by atoms with Crippen molar-refractivity contribution in [3.8, 4) is 0 Å². The summed E-state index contributed by atoms with van der Waals surface area (Å²) >= 11 is 7.65. The van der Waals surface area contributed by atoms with Crippen LogP contribution in [0.1, 0.15) is 15.9 Å². The summed E-state index contributed by atoms with van der Waals surface area (Å²) in [5, 5.41) is 3.74. The standard InChI is InChI=1S/C20H23ClN2O2S/c21-18-5-7-19(8-6-18)26-15-16-1-3-17(4-2-16)20(24)22-9-10-23-11-13-25-14-12-23/h1-8H,9-15H2,(H,22,24). The van der Waals surface area contributed by atoms with Crippen LogP contribution in [-0.2, 0) is 10.5 Å². The third kappa shape index (κ3) is 6.02. The third-order valence-electron chi connectivity index (χ3n) is 4.25. The summed E-state index contributed by atoms with van der Waals surface area (Å²) in [7, 11) is 0. The number of thioether (sulfide) groups is 1. The Morgan fingerprint density at radius 3 is 2.46 bits per heavy atom. The quantitative estimate of drug-likeness (QED) is 0.732. The van der Waals surface area contributed by atoms with Gasteiger partial charge in [0.25, 0.3) is 5.91 Å². The molecule has 1 saturated heterocycles. The van der Waals surface area contributed by atoms with Crippen molar-refractivity contribution in [1.82, 2.24) is 10.2 Å². The number of rotatable bonds is 7. The molecule has 2 aromatic rings. The molecule has 0 atom stereocenters. The first-order valence-corrected chi connectivity index (χ1v) is 10.1. The Balaban J connectivity index is 1.42. The summed E-state index contributed by atoms with van der Waals surface area (Å²) in [6.45, 7) is 4.97. The van der Waals surface area contributed by atoms with Gasteiger partial charge in [0.2, 0.25) is 0 Å². The molecule has 0 radical (unpaired) electrons. The number of carbonyl (C=O) groups is 1. The van der Waals surface area contributed by atoms with Crippen LogP contribution in [0.3, 0.4) is 0 Å². The first kappa shape index (κ1) is 19.2. The molecular formula is C20H23ClN2O2S. The first-order chi connectivity index (χ1) is 12.7. The minimum absolute atomic E-state index is 0.0184. The van der Waals surface area contributed by atoms with Crippen LogP contribution in [0.2, 0.25) is 5.02 Å². The predicted molar refractivity (Wildman–Crippen MR) is 107 cm³/mol. The number of amides is 1. The highest BCUT2D eigenvalue weighted by molar-refractivity contribution is 7.98. The average Bonchev–Trinajstić information content (AvgIpc) is 2.69. The summed E-state index contributed by atoms with van der Waals surface area (Å²) in [5.74, 6) is 0.843. The van der Waals surface area contributed by atoms with Crippen LogP contribution in [0, 0.1) is 0 Å². The van der Waals surface area contributed by atoms with Crippen molar-refractivity contribution in [1.29, 1.82) is 0 Å². The molecule has 0 unspecified atom stereocenters. The van der Waals surface area contributed by atoms with Gasteiger partial charge in [-0.05, 0) is 42.0 Å². The van der Waals surface area contributed by atoms with Gasteiger partial charge in [0.1, 0.15) is 0 Å². The Bertz CT molecular complexity index is 701. The molecule has 0 spiro atoms. The molecule has 138 valence electrons. The Kier molecular flexibility index (Phi) is 7.38. The molecule has 1 N–H and O–H groups in total. The lowest BCUT2D eigenvalue weighted by atomic mass is 10.1. The third-order valence-corrected chi connectivity index (χ3v) is 5.59. The van der Waals surface area contributed by atoms with Crippen LogP contribution >= 0.6 is 23.4 Å². The summed E-state index contributed by atoms with van der Waals surface area (Å²) in [6, 6.07) is 15.6. The Hall–Kier alpha value is -1.53. The molecule has 1 fully saturated rings. The molecule has 6 heteroatoms. The molecule has 1 aliphatic rings. The molecule has 0 saturated carbocycles. The molecular weight excluding hydrogens is 368 g/mol. The molecule has 0 aliphatic carbocycles. The van der Waals surface area contributed by atoms with Crippen LogP contribution in [0.4, 0.5) is 0 Å². The van der Waals surface area contributed by atoms with Crippen molar-refractivity contribution >= 4 is 29.3 Å². The van der Waals surface area contributed by atoms with Crippen molar-refractivity contribution in [3.63, 3.8) is 0 Å². The molecule has 2 aromatic carbocycles. The molecule has 0 aromatic heterocycles. The molecule has 4 nitrogen and oxygen atoms in total. The maximum absolute atomic E-state index is 12.2. The fraction of sp³-hybridized carbons (Fsp3) is 0.350. The van der Waals surface area contributed by atoms with Crippen molar-refractivity contribution in [3.05, 3.63) is 64.7 Å². The van der Waals surface area contributed by atoms with Crippen molar-refractivity contribution in [2.75, 3.05) is 39.4 Å². The van der Waals surface area contributed by atoms with Crippen molar-refractivity contribution in [2.24, 2.45) is 0 Å². The SMILES string of the molecule is O=C(NCCN1CCOCC1)c1ccc(CSc2ccc(Cl)cc2)cc1. The summed E-state index contributed by atoms with van der Waals surface area (Å²) in [6.07, 6.45) is 0. The van der Waals surface area contributed by atoms with Gasteiger partial charge in [0.05, 0.1) is 13.2 Å². The number of ether oxygens (including phenoxy) is 1. The average molecular weight is 391 g/mol. The zero-order valence-corrected chi connectivity index (χ0v) is 16.2. The van der Waals surface area contributed by atoms with E-state index in [1.807, 2.05) is 48.5 Å². The maximum Gasteiger partial charge on any atom is 0.251 e. The van der Waals surface area contributed by atoms with Gasteiger partial charge in [-0.15, -0.1) is 11.8 Å². The molecule has 0 bridgehead atoms. The first-order valence-electron chi connectivity index (χ1n) is 8.76. The minimum atomic E-state index is -0.0184. The second-order valence-corrected chi connectivity index (χ2v) is 7.63. The van der Waals surface area contributed by atoms with Crippen LogP contribution in [-0.4, -0.2) is 50.2 Å². The van der Waals surface area contributed by atoms with E-state index in [-0.39, 0.29) is 5.91 Å². The Labute approximate surface area is 163 Å². The normalized spacial score (nSPS) is 15.0. The van der Waals surface area contributed by atoms with E-state index < -0.39 is 0 Å². The highest BCUT2D eigenvalue weighted by Crippen LogP contribution is 2.24. The topological polar surface area (TPSA) is 41.6 Å². The van der Waals surface area contributed by atoms with Crippen LogP contribution in [0.15, 0.2) is 53.4 Å². The van der Waals surface area contributed by atoms with E-state index in [9.17, 15) is 4.79 Å². The van der Waals surface area contributed by atoms with Gasteiger partial charge in [-0.3, -0.25) is 9.69 Å². The lowest BCUT2D eigenvalue weighted by molar-refractivity contribution is 0.0383. The second kappa shape index (κ2) is 9.97. The molecule has 26 heavy (non-hydrogen) atoms. The van der Waals surface area contributed by atoms with Gasteiger partial charge in [0.15, 0.2) is 0 Å². The van der Waals surface area contributed by atoms with Crippen molar-refractivity contribution < 1.29 is 9.53 Å². The number of nitrogens with zero attached hydrogens (tertiary/aromatic N) is 1. The summed E-state index contributed by atoms with van der Waals surface area (Å²) in [4.78, 5) is 15.7. The number of nitrogens with one attached hydrogen (secondary N) is 1. The van der Waals surface area contributed by atoms with Gasteiger partial charge in [-0.25, -0.2) is 0 Å². The number of hydrogen-bond donors (Lipinski definition) is 1. The van der Waals surface area contributed by atoms with E-state index in [4.69, 9.17) is 16.3 Å². The van der Waals surface area contributed by atoms with Gasteiger partial charge in [-0.2, -0.15) is 0 Å². The lowest BCUT2D eigenvalue weighted by Crippen LogP contribution is -2.41. The highest BCUT2D eigenvalue weighted by atomic mass is 35.5. The van der Waals surface area contributed by atoms with E-state index in [1.54, 1.807) is 11.8 Å².